The van der Waals surface area contributed by atoms with Crippen LogP contribution < -0.4 is 5.32 Å². The van der Waals surface area contributed by atoms with Crippen molar-refractivity contribution in [1.29, 1.82) is 0 Å². The first-order valence-corrected chi connectivity index (χ1v) is 9.83. The highest BCUT2D eigenvalue weighted by Gasteiger charge is 2.30. The molecule has 2 aromatic carbocycles. The number of imidazole rings is 1. The zero-order chi connectivity index (χ0) is 23.8. The number of carbonyl (C=O) groups excluding carboxylic acids is 2. The highest BCUT2D eigenvalue weighted by molar-refractivity contribution is 6.04. The van der Waals surface area contributed by atoms with Gasteiger partial charge in [0.15, 0.2) is 5.69 Å². The van der Waals surface area contributed by atoms with E-state index in [2.05, 4.69) is 10.3 Å². The summed E-state index contributed by atoms with van der Waals surface area (Å²) in [6.07, 6.45) is -2.74. The molecule has 0 aliphatic heterocycles. The Bertz CT molecular complexity index is 1340. The predicted octanol–water partition coefficient (Wildman–Crippen LogP) is 5.37. The SMILES string of the molecule is COC(=O)c1nc2ccc(NC(=O)c3ccc(-c4ccc(C(F)(F)F)cc4)cc3)cn2c1C. The smallest absolute Gasteiger partial charge is 0.416 e. The summed E-state index contributed by atoms with van der Waals surface area (Å²) in [6.45, 7) is 1.72. The molecule has 0 saturated heterocycles. The standard InChI is InChI=1S/C24H18F3N3O3/c1-14-21(23(32)33-2)29-20-12-11-19(13-30(14)20)28-22(31)17-5-3-15(4-6-17)16-7-9-18(10-8-16)24(25,26)27/h3-13H,1-2H3,(H,28,31). The molecule has 0 saturated carbocycles. The van der Waals surface area contributed by atoms with Gasteiger partial charge in [0.25, 0.3) is 5.91 Å². The average molecular weight is 453 g/mol. The van der Waals surface area contributed by atoms with Crippen molar-refractivity contribution in [2.24, 2.45) is 0 Å². The molecule has 0 radical (unpaired) electrons. The molecule has 0 aliphatic rings. The first kappa shape index (κ1) is 22.1. The van der Waals surface area contributed by atoms with E-state index in [0.717, 1.165) is 12.1 Å². The van der Waals surface area contributed by atoms with E-state index in [0.29, 0.717) is 33.7 Å². The number of fused-ring (bicyclic) bond motifs is 1. The van der Waals surface area contributed by atoms with Gasteiger partial charge in [-0.3, -0.25) is 4.79 Å². The van der Waals surface area contributed by atoms with Crippen LogP contribution in [0.3, 0.4) is 0 Å². The number of nitrogens with zero attached hydrogens (tertiary/aromatic N) is 2. The van der Waals surface area contributed by atoms with Crippen molar-refractivity contribution in [3.8, 4) is 11.1 Å². The molecular weight excluding hydrogens is 435 g/mol. The molecule has 0 bridgehead atoms. The second-order valence-corrected chi connectivity index (χ2v) is 7.29. The maximum Gasteiger partial charge on any atom is 0.416 e. The van der Waals surface area contributed by atoms with E-state index in [1.54, 1.807) is 53.9 Å². The third-order valence-corrected chi connectivity index (χ3v) is 5.19. The Morgan fingerprint density at radius 1 is 0.939 bits per heavy atom. The molecule has 1 amide bonds. The Morgan fingerprint density at radius 2 is 1.55 bits per heavy atom. The number of benzene rings is 2. The van der Waals surface area contributed by atoms with Gasteiger partial charge in [0, 0.05) is 11.8 Å². The number of esters is 1. The summed E-state index contributed by atoms with van der Waals surface area (Å²) in [5.74, 6) is -0.908. The maximum absolute atomic E-state index is 12.7. The summed E-state index contributed by atoms with van der Waals surface area (Å²) < 4.78 is 44.6. The largest absolute Gasteiger partial charge is 0.464 e. The minimum atomic E-state index is -4.39. The first-order valence-electron chi connectivity index (χ1n) is 9.83. The fourth-order valence-corrected chi connectivity index (χ4v) is 3.40. The third kappa shape index (κ3) is 4.43. The number of nitrogens with one attached hydrogen (secondary N) is 1. The molecule has 6 nitrogen and oxygen atoms in total. The Kier molecular flexibility index (Phi) is 5.63. The number of methoxy groups -OCH3 is 1. The number of ether oxygens (including phenoxy) is 1. The fourth-order valence-electron chi connectivity index (χ4n) is 3.40. The molecule has 4 aromatic rings. The van der Waals surface area contributed by atoms with Gasteiger partial charge in [0.05, 0.1) is 24.1 Å². The van der Waals surface area contributed by atoms with Crippen molar-refractivity contribution in [2.75, 3.05) is 12.4 Å². The lowest BCUT2D eigenvalue weighted by Gasteiger charge is -2.09. The number of amides is 1. The van der Waals surface area contributed by atoms with Gasteiger partial charge in [-0.15, -0.1) is 0 Å². The van der Waals surface area contributed by atoms with Gasteiger partial charge < -0.3 is 14.5 Å². The van der Waals surface area contributed by atoms with Crippen LogP contribution in [-0.2, 0) is 10.9 Å². The minimum absolute atomic E-state index is 0.194. The fraction of sp³-hybridized carbons (Fsp3) is 0.125. The Balaban J connectivity index is 1.51. The zero-order valence-electron chi connectivity index (χ0n) is 17.6. The molecule has 0 fully saturated rings. The molecule has 33 heavy (non-hydrogen) atoms. The lowest BCUT2D eigenvalue weighted by atomic mass is 10.0. The molecule has 0 atom stereocenters. The van der Waals surface area contributed by atoms with E-state index in [1.807, 2.05) is 0 Å². The van der Waals surface area contributed by atoms with Crippen molar-refractivity contribution < 1.29 is 27.5 Å². The number of alkyl halides is 3. The van der Waals surface area contributed by atoms with Gasteiger partial charge >= 0.3 is 12.1 Å². The van der Waals surface area contributed by atoms with Crippen LogP contribution >= 0.6 is 0 Å². The lowest BCUT2D eigenvalue weighted by Crippen LogP contribution is -2.12. The first-order chi connectivity index (χ1) is 15.7. The summed E-state index contributed by atoms with van der Waals surface area (Å²) >= 11 is 0. The average Bonchev–Trinajstić information content (AvgIpc) is 3.14. The highest BCUT2D eigenvalue weighted by Crippen LogP contribution is 2.31. The molecule has 2 aromatic heterocycles. The number of aromatic nitrogens is 2. The van der Waals surface area contributed by atoms with E-state index in [1.165, 1.54) is 19.2 Å². The van der Waals surface area contributed by atoms with Gasteiger partial charge in [0.1, 0.15) is 5.65 Å². The van der Waals surface area contributed by atoms with Crippen LogP contribution in [-0.4, -0.2) is 28.4 Å². The van der Waals surface area contributed by atoms with E-state index in [9.17, 15) is 22.8 Å². The molecule has 2 heterocycles. The van der Waals surface area contributed by atoms with Gasteiger partial charge in [0.2, 0.25) is 0 Å². The van der Waals surface area contributed by atoms with Gasteiger partial charge in [-0.1, -0.05) is 24.3 Å². The Hall–Kier alpha value is -4.14. The second-order valence-electron chi connectivity index (χ2n) is 7.29. The number of carbonyl (C=O) groups is 2. The normalized spacial score (nSPS) is 11.4. The Labute approximate surface area is 186 Å². The predicted molar refractivity (Wildman–Crippen MR) is 116 cm³/mol. The van der Waals surface area contributed by atoms with E-state index in [-0.39, 0.29) is 11.6 Å². The number of rotatable bonds is 4. The van der Waals surface area contributed by atoms with Crippen LogP contribution in [0.25, 0.3) is 16.8 Å². The van der Waals surface area contributed by atoms with Crippen LogP contribution in [0.4, 0.5) is 18.9 Å². The summed E-state index contributed by atoms with van der Waals surface area (Å²) in [7, 11) is 1.28. The van der Waals surface area contributed by atoms with E-state index in [4.69, 9.17) is 4.74 Å². The molecule has 0 aliphatic carbocycles. The highest BCUT2D eigenvalue weighted by atomic mass is 19.4. The molecule has 0 unspecified atom stereocenters. The summed E-state index contributed by atoms with van der Waals surface area (Å²) in [5.41, 5.74) is 2.76. The van der Waals surface area contributed by atoms with Gasteiger partial charge in [-0.05, 0) is 54.4 Å². The number of aryl methyl sites for hydroxylation is 1. The van der Waals surface area contributed by atoms with Crippen molar-refractivity contribution in [2.45, 2.75) is 13.1 Å². The van der Waals surface area contributed by atoms with Crippen LogP contribution in [0, 0.1) is 6.92 Å². The molecular formula is C24H18F3N3O3. The quantitative estimate of drug-likeness (QED) is 0.422. The third-order valence-electron chi connectivity index (χ3n) is 5.19. The van der Waals surface area contributed by atoms with Crippen LogP contribution in [0.2, 0.25) is 0 Å². The lowest BCUT2D eigenvalue weighted by molar-refractivity contribution is -0.137. The van der Waals surface area contributed by atoms with Gasteiger partial charge in [-0.25, -0.2) is 9.78 Å². The molecule has 168 valence electrons. The molecule has 1 N–H and O–H groups in total. The zero-order valence-corrected chi connectivity index (χ0v) is 17.6. The second kappa shape index (κ2) is 8.42. The van der Waals surface area contributed by atoms with Crippen LogP contribution in [0.5, 0.6) is 0 Å². The monoisotopic (exact) mass is 453 g/mol. The van der Waals surface area contributed by atoms with E-state index < -0.39 is 17.7 Å². The number of hydrogen-bond donors (Lipinski definition) is 1. The summed E-state index contributed by atoms with van der Waals surface area (Å²) in [4.78, 5) is 28.7. The number of anilines is 1. The van der Waals surface area contributed by atoms with Crippen molar-refractivity contribution >= 4 is 23.2 Å². The summed E-state index contributed by atoms with van der Waals surface area (Å²) in [6, 6.07) is 14.7. The van der Waals surface area contributed by atoms with Crippen molar-refractivity contribution in [3.63, 3.8) is 0 Å². The number of halogens is 3. The minimum Gasteiger partial charge on any atom is -0.464 e. The maximum atomic E-state index is 12.7. The molecule has 0 spiro atoms. The van der Waals surface area contributed by atoms with Crippen molar-refractivity contribution in [1.82, 2.24) is 9.38 Å². The van der Waals surface area contributed by atoms with Gasteiger partial charge in [-0.2, -0.15) is 13.2 Å². The molecule has 4 rings (SSSR count). The molecule has 9 heteroatoms. The van der Waals surface area contributed by atoms with Crippen molar-refractivity contribution in [3.05, 3.63) is 89.4 Å². The summed E-state index contributed by atoms with van der Waals surface area (Å²) in [5, 5.41) is 2.78. The van der Waals surface area contributed by atoms with Crippen LogP contribution in [0.1, 0.15) is 32.1 Å². The topological polar surface area (TPSA) is 72.7 Å². The number of hydrogen-bond acceptors (Lipinski definition) is 4. The Morgan fingerprint density at radius 3 is 2.12 bits per heavy atom. The van der Waals surface area contributed by atoms with Crippen LogP contribution in [0.15, 0.2) is 66.9 Å². The van der Waals surface area contributed by atoms with E-state index >= 15 is 0 Å². The number of pyridine rings is 1.